The molecule has 2 aromatic heterocycles. The molecule has 0 aliphatic rings. The molecule has 2 heterocycles. The summed E-state index contributed by atoms with van der Waals surface area (Å²) in [5.74, 6) is -0.00477. The number of aryl methyl sites for hydroxylation is 2. The van der Waals surface area contributed by atoms with Gasteiger partial charge < -0.3 is 5.32 Å². The van der Waals surface area contributed by atoms with Crippen molar-refractivity contribution in [1.29, 1.82) is 0 Å². The first-order valence-corrected chi connectivity index (χ1v) is 5.79. The Bertz CT molecular complexity index is 457. The Balaban J connectivity index is 1.94. The van der Waals surface area contributed by atoms with E-state index >= 15 is 0 Å². The average Bonchev–Trinajstić information content (AvgIpc) is 2.76. The van der Waals surface area contributed by atoms with E-state index in [0.29, 0.717) is 6.42 Å². The predicted octanol–water partition coefficient (Wildman–Crippen LogP) is 1.97. The van der Waals surface area contributed by atoms with Gasteiger partial charge in [-0.1, -0.05) is 0 Å². The molecule has 4 nitrogen and oxygen atoms in total. The Labute approximate surface area is 97.9 Å². The number of carbonyl (C=O) groups is 1. The fourth-order valence-corrected chi connectivity index (χ4v) is 2.32. The van der Waals surface area contributed by atoms with Crippen LogP contribution in [0.5, 0.6) is 0 Å². The van der Waals surface area contributed by atoms with Crippen LogP contribution in [-0.4, -0.2) is 15.7 Å². The van der Waals surface area contributed by atoms with Gasteiger partial charge in [0.2, 0.25) is 5.91 Å². The van der Waals surface area contributed by atoms with Gasteiger partial charge >= 0.3 is 0 Å². The maximum Gasteiger partial charge on any atom is 0.229 e. The van der Waals surface area contributed by atoms with Crippen LogP contribution >= 0.6 is 11.3 Å². The third kappa shape index (κ3) is 2.70. The van der Waals surface area contributed by atoms with Gasteiger partial charge in [0.15, 0.2) is 0 Å². The van der Waals surface area contributed by atoms with Crippen LogP contribution in [0, 0.1) is 6.92 Å². The van der Waals surface area contributed by atoms with Crippen molar-refractivity contribution in [3.8, 4) is 0 Å². The number of amides is 1. The van der Waals surface area contributed by atoms with E-state index in [9.17, 15) is 4.79 Å². The maximum atomic E-state index is 11.7. The molecule has 0 unspecified atom stereocenters. The summed E-state index contributed by atoms with van der Waals surface area (Å²) in [7, 11) is 1.82. The van der Waals surface area contributed by atoms with E-state index in [-0.39, 0.29) is 5.91 Å². The number of anilines is 1. The highest BCUT2D eigenvalue weighted by Crippen LogP contribution is 2.16. The number of thiophene rings is 1. The fraction of sp³-hybridized carbons (Fsp3) is 0.273. The second-order valence-electron chi connectivity index (χ2n) is 3.64. The molecule has 0 saturated heterocycles. The quantitative estimate of drug-likeness (QED) is 0.884. The number of aromatic nitrogens is 2. The first kappa shape index (κ1) is 10.9. The van der Waals surface area contributed by atoms with Crippen molar-refractivity contribution >= 4 is 22.9 Å². The number of nitrogens with one attached hydrogen (secondary N) is 1. The standard InChI is InChI=1S/C11H13N3OS/c1-8-3-4-10(16-8)5-11(15)13-9-6-12-14(2)7-9/h3-4,6-7H,5H2,1-2H3,(H,13,15). The molecule has 0 bridgehead atoms. The van der Waals surface area contributed by atoms with Gasteiger partial charge in [0.1, 0.15) is 0 Å². The molecular formula is C11H13N3OS. The van der Waals surface area contributed by atoms with E-state index in [0.717, 1.165) is 10.6 Å². The minimum Gasteiger partial charge on any atom is -0.323 e. The Hall–Kier alpha value is -1.62. The Morgan fingerprint density at radius 2 is 2.38 bits per heavy atom. The first-order chi connectivity index (χ1) is 7.63. The van der Waals surface area contributed by atoms with Crippen molar-refractivity contribution in [2.45, 2.75) is 13.3 Å². The van der Waals surface area contributed by atoms with Crippen molar-refractivity contribution < 1.29 is 4.79 Å². The Kier molecular flexibility index (Phi) is 3.05. The van der Waals surface area contributed by atoms with E-state index in [4.69, 9.17) is 0 Å². The van der Waals surface area contributed by atoms with E-state index < -0.39 is 0 Å². The summed E-state index contributed by atoms with van der Waals surface area (Å²) in [5.41, 5.74) is 0.737. The predicted molar refractivity (Wildman–Crippen MR) is 64.6 cm³/mol. The number of carbonyl (C=O) groups excluding carboxylic acids is 1. The normalized spacial score (nSPS) is 10.4. The van der Waals surface area contributed by atoms with Crippen LogP contribution in [-0.2, 0) is 18.3 Å². The van der Waals surface area contributed by atoms with Crippen LogP contribution in [0.15, 0.2) is 24.5 Å². The molecule has 0 aliphatic carbocycles. The van der Waals surface area contributed by atoms with Crippen molar-refractivity contribution in [1.82, 2.24) is 9.78 Å². The molecule has 1 amide bonds. The van der Waals surface area contributed by atoms with Crippen molar-refractivity contribution in [3.05, 3.63) is 34.3 Å². The van der Waals surface area contributed by atoms with Gasteiger partial charge in [0.25, 0.3) is 0 Å². The van der Waals surface area contributed by atoms with E-state index in [2.05, 4.69) is 10.4 Å². The van der Waals surface area contributed by atoms with Gasteiger partial charge in [-0.2, -0.15) is 5.10 Å². The van der Waals surface area contributed by atoms with E-state index in [1.165, 1.54) is 4.88 Å². The van der Waals surface area contributed by atoms with Crippen molar-refractivity contribution in [2.24, 2.45) is 7.05 Å². The molecule has 16 heavy (non-hydrogen) atoms. The van der Waals surface area contributed by atoms with Crippen LogP contribution in [0.25, 0.3) is 0 Å². The zero-order valence-corrected chi connectivity index (χ0v) is 10.0. The highest BCUT2D eigenvalue weighted by molar-refractivity contribution is 7.12. The Morgan fingerprint density at radius 3 is 2.94 bits per heavy atom. The lowest BCUT2D eigenvalue weighted by Gasteiger charge is -1.99. The van der Waals surface area contributed by atoms with Gasteiger partial charge in [-0.3, -0.25) is 9.48 Å². The van der Waals surface area contributed by atoms with Crippen LogP contribution in [0.1, 0.15) is 9.75 Å². The third-order valence-corrected chi connectivity index (χ3v) is 3.12. The van der Waals surface area contributed by atoms with Crippen LogP contribution < -0.4 is 5.32 Å². The van der Waals surface area contributed by atoms with Crippen LogP contribution in [0.3, 0.4) is 0 Å². The largest absolute Gasteiger partial charge is 0.323 e. The van der Waals surface area contributed by atoms with Crippen LogP contribution in [0.2, 0.25) is 0 Å². The van der Waals surface area contributed by atoms with Crippen LogP contribution in [0.4, 0.5) is 5.69 Å². The highest BCUT2D eigenvalue weighted by Gasteiger charge is 2.06. The number of rotatable bonds is 3. The van der Waals surface area contributed by atoms with Gasteiger partial charge in [-0.05, 0) is 19.1 Å². The summed E-state index contributed by atoms with van der Waals surface area (Å²) in [5, 5.41) is 6.79. The smallest absolute Gasteiger partial charge is 0.229 e. The van der Waals surface area contributed by atoms with E-state index in [1.54, 1.807) is 28.4 Å². The first-order valence-electron chi connectivity index (χ1n) is 4.97. The minimum atomic E-state index is -0.00477. The molecular weight excluding hydrogens is 222 g/mol. The molecule has 0 aliphatic heterocycles. The molecule has 0 spiro atoms. The summed E-state index contributed by atoms with van der Waals surface area (Å²) in [6.45, 7) is 2.03. The molecule has 0 atom stereocenters. The summed E-state index contributed by atoms with van der Waals surface area (Å²) >= 11 is 1.65. The molecule has 1 N–H and O–H groups in total. The lowest BCUT2D eigenvalue weighted by molar-refractivity contribution is -0.115. The van der Waals surface area contributed by atoms with Gasteiger partial charge in [-0.25, -0.2) is 0 Å². The monoisotopic (exact) mass is 235 g/mol. The highest BCUT2D eigenvalue weighted by atomic mass is 32.1. The molecule has 0 saturated carbocycles. The second-order valence-corrected chi connectivity index (χ2v) is 5.01. The number of nitrogens with zero attached hydrogens (tertiary/aromatic N) is 2. The SMILES string of the molecule is Cc1ccc(CC(=O)Nc2cnn(C)c2)s1. The maximum absolute atomic E-state index is 11.7. The third-order valence-electron chi connectivity index (χ3n) is 2.12. The van der Waals surface area contributed by atoms with Gasteiger partial charge in [-0.15, -0.1) is 11.3 Å². The summed E-state index contributed by atoms with van der Waals surface area (Å²) in [6, 6.07) is 4.01. The van der Waals surface area contributed by atoms with Gasteiger partial charge in [0.05, 0.1) is 18.3 Å². The molecule has 0 radical (unpaired) electrons. The topological polar surface area (TPSA) is 46.9 Å². The molecule has 0 aromatic carbocycles. The van der Waals surface area contributed by atoms with E-state index in [1.807, 2.05) is 26.1 Å². The lowest BCUT2D eigenvalue weighted by atomic mass is 10.3. The fourth-order valence-electron chi connectivity index (χ4n) is 1.43. The molecule has 5 heteroatoms. The zero-order chi connectivity index (χ0) is 11.5. The van der Waals surface area contributed by atoms with Gasteiger partial charge in [0, 0.05) is 23.0 Å². The second kappa shape index (κ2) is 4.49. The number of hydrogen-bond donors (Lipinski definition) is 1. The summed E-state index contributed by atoms with van der Waals surface area (Å²) in [4.78, 5) is 14.0. The molecule has 2 aromatic rings. The zero-order valence-electron chi connectivity index (χ0n) is 9.23. The summed E-state index contributed by atoms with van der Waals surface area (Å²) in [6.07, 6.45) is 3.84. The van der Waals surface area contributed by atoms with Crippen molar-refractivity contribution in [3.63, 3.8) is 0 Å². The molecule has 0 fully saturated rings. The lowest BCUT2D eigenvalue weighted by Crippen LogP contribution is -2.13. The summed E-state index contributed by atoms with van der Waals surface area (Å²) < 4.78 is 1.66. The minimum absolute atomic E-state index is 0.00477. The average molecular weight is 235 g/mol. The van der Waals surface area contributed by atoms with Crippen molar-refractivity contribution in [2.75, 3.05) is 5.32 Å². The number of hydrogen-bond acceptors (Lipinski definition) is 3. The molecule has 2 rings (SSSR count). The Morgan fingerprint density at radius 1 is 1.56 bits per heavy atom. The molecule has 84 valence electrons.